The molecule has 0 aliphatic rings. The molecule has 1 heterocycles. The third-order valence-electron chi connectivity index (χ3n) is 2.39. The maximum atomic E-state index is 13.3. The molecule has 0 spiro atoms. The predicted octanol–water partition coefficient (Wildman–Crippen LogP) is 2.60. The number of thiazole rings is 1. The third-order valence-corrected chi connectivity index (χ3v) is 3.11. The molecule has 0 saturated heterocycles. The number of carbonyl (C=O) groups is 1. The van der Waals surface area contributed by atoms with Crippen molar-refractivity contribution in [3.63, 3.8) is 0 Å². The molecule has 1 aromatic heterocycles. The highest BCUT2D eigenvalue weighted by atomic mass is 32.1. The Balaban J connectivity index is 2.25. The highest BCUT2D eigenvalue weighted by Gasteiger charge is 2.26. The second-order valence-electron chi connectivity index (χ2n) is 3.85. The van der Waals surface area contributed by atoms with Crippen molar-refractivity contribution in [2.24, 2.45) is 0 Å². The van der Waals surface area contributed by atoms with Crippen LogP contribution in [0.15, 0.2) is 5.38 Å². The smallest absolute Gasteiger partial charge is 0.230 e. The van der Waals surface area contributed by atoms with Gasteiger partial charge in [0.05, 0.1) is 12.1 Å². The van der Waals surface area contributed by atoms with Gasteiger partial charge < -0.3 is 11.1 Å². The summed E-state index contributed by atoms with van der Waals surface area (Å²) in [4.78, 5) is 15.3. The van der Waals surface area contributed by atoms with E-state index < -0.39 is 47.1 Å². The molecule has 112 valence electrons. The Morgan fingerprint density at radius 1 is 1.10 bits per heavy atom. The first-order valence-corrected chi connectivity index (χ1v) is 6.20. The molecule has 0 atom stereocenters. The number of aromatic nitrogens is 1. The largest absolute Gasteiger partial charge is 0.375 e. The number of amides is 1. The lowest BCUT2D eigenvalue weighted by molar-refractivity contribution is -0.115. The summed E-state index contributed by atoms with van der Waals surface area (Å²) in [6.45, 7) is 0. The average Bonchev–Trinajstić information content (AvgIpc) is 2.84. The number of nitrogens with zero attached hydrogens (tertiary/aromatic N) is 1. The molecule has 4 nitrogen and oxygen atoms in total. The maximum absolute atomic E-state index is 13.3. The number of carbonyl (C=O) groups excluding carboxylic acids is 1. The topological polar surface area (TPSA) is 68.0 Å². The first-order chi connectivity index (χ1) is 9.81. The maximum Gasteiger partial charge on any atom is 0.230 e. The Bertz CT molecular complexity index is 689. The molecule has 0 aliphatic carbocycles. The molecular weight excluding hydrogens is 317 g/mol. The Kier molecular flexibility index (Phi) is 4.07. The number of benzene rings is 1. The van der Waals surface area contributed by atoms with E-state index in [1.54, 1.807) is 5.32 Å². The van der Waals surface area contributed by atoms with E-state index in [0.717, 1.165) is 11.3 Å². The SMILES string of the molecule is Nc1nc(CC(=O)Nc2c(F)c(F)c(F)c(F)c2F)cs1. The van der Waals surface area contributed by atoms with Crippen molar-refractivity contribution in [3.8, 4) is 0 Å². The highest BCUT2D eigenvalue weighted by Crippen LogP contribution is 2.27. The summed E-state index contributed by atoms with van der Waals surface area (Å²) < 4.78 is 65.4. The van der Waals surface area contributed by atoms with Gasteiger partial charge in [0.25, 0.3) is 0 Å². The second kappa shape index (κ2) is 5.64. The number of nitrogen functional groups attached to an aromatic ring is 1. The summed E-state index contributed by atoms with van der Waals surface area (Å²) in [6, 6.07) is 0. The molecule has 2 rings (SSSR count). The number of nitrogens with one attached hydrogen (secondary N) is 1. The van der Waals surface area contributed by atoms with Crippen molar-refractivity contribution in [1.29, 1.82) is 0 Å². The molecule has 0 unspecified atom stereocenters. The zero-order valence-electron chi connectivity index (χ0n) is 10.0. The Morgan fingerprint density at radius 2 is 1.62 bits per heavy atom. The molecule has 0 aliphatic heterocycles. The fraction of sp³-hybridized carbons (Fsp3) is 0.0909. The molecule has 2 aromatic rings. The molecular formula is C11H6F5N3OS. The van der Waals surface area contributed by atoms with Gasteiger partial charge in [0.1, 0.15) is 5.69 Å². The second-order valence-corrected chi connectivity index (χ2v) is 4.74. The summed E-state index contributed by atoms with van der Waals surface area (Å²) in [6.07, 6.45) is -0.423. The van der Waals surface area contributed by atoms with E-state index in [1.807, 2.05) is 0 Å². The van der Waals surface area contributed by atoms with Gasteiger partial charge in [0.2, 0.25) is 11.7 Å². The Labute approximate surface area is 118 Å². The lowest BCUT2D eigenvalue weighted by atomic mass is 10.2. The summed E-state index contributed by atoms with van der Waals surface area (Å²) in [7, 11) is 0. The molecule has 3 N–H and O–H groups in total. The van der Waals surface area contributed by atoms with Gasteiger partial charge in [-0.2, -0.15) is 0 Å². The standard InChI is InChI=1S/C11H6F5N3OS/c12-5-6(13)8(15)10(9(16)7(5)14)19-4(20)1-3-2-21-11(17)18-3/h2H,1H2,(H2,17,18)(H,19,20). The van der Waals surface area contributed by atoms with Crippen LogP contribution in [0.4, 0.5) is 32.8 Å². The van der Waals surface area contributed by atoms with Crippen LogP contribution < -0.4 is 11.1 Å². The van der Waals surface area contributed by atoms with Gasteiger partial charge in [-0.25, -0.2) is 26.9 Å². The van der Waals surface area contributed by atoms with E-state index in [9.17, 15) is 26.7 Å². The molecule has 21 heavy (non-hydrogen) atoms. The zero-order valence-corrected chi connectivity index (χ0v) is 10.8. The Hall–Kier alpha value is -2.23. The van der Waals surface area contributed by atoms with Crippen molar-refractivity contribution in [2.45, 2.75) is 6.42 Å². The minimum Gasteiger partial charge on any atom is -0.375 e. The van der Waals surface area contributed by atoms with E-state index in [-0.39, 0.29) is 10.8 Å². The minimum atomic E-state index is -2.30. The van der Waals surface area contributed by atoms with Crippen molar-refractivity contribution in [2.75, 3.05) is 11.1 Å². The number of hydrogen-bond acceptors (Lipinski definition) is 4. The molecule has 10 heteroatoms. The Morgan fingerprint density at radius 3 is 2.10 bits per heavy atom. The number of nitrogens with two attached hydrogens (primary N) is 1. The van der Waals surface area contributed by atoms with Crippen molar-refractivity contribution < 1.29 is 26.7 Å². The number of rotatable bonds is 3. The van der Waals surface area contributed by atoms with Gasteiger partial charge in [-0.05, 0) is 0 Å². The van der Waals surface area contributed by atoms with Crippen LogP contribution in [0, 0.1) is 29.1 Å². The molecule has 0 saturated carbocycles. The van der Waals surface area contributed by atoms with Crippen LogP contribution in [0.5, 0.6) is 0 Å². The molecule has 1 aromatic carbocycles. The normalized spacial score (nSPS) is 10.7. The van der Waals surface area contributed by atoms with Crippen LogP contribution in [-0.4, -0.2) is 10.9 Å². The van der Waals surface area contributed by atoms with Gasteiger partial charge in [-0.15, -0.1) is 11.3 Å². The predicted molar refractivity (Wildman–Crippen MR) is 65.1 cm³/mol. The van der Waals surface area contributed by atoms with Crippen LogP contribution in [-0.2, 0) is 11.2 Å². The molecule has 0 bridgehead atoms. The monoisotopic (exact) mass is 323 g/mol. The van der Waals surface area contributed by atoms with E-state index in [0.29, 0.717) is 0 Å². The van der Waals surface area contributed by atoms with Crippen LogP contribution in [0.2, 0.25) is 0 Å². The highest BCUT2D eigenvalue weighted by molar-refractivity contribution is 7.13. The summed E-state index contributed by atoms with van der Waals surface area (Å²) in [5.74, 6) is -11.8. The minimum absolute atomic E-state index is 0.175. The fourth-order valence-corrected chi connectivity index (χ4v) is 2.03. The van der Waals surface area contributed by atoms with Gasteiger partial charge in [-0.3, -0.25) is 4.79 Å². The number of hydrogen-bond donors (Lipinski definition) is 2. The van der Waals surface area contributed by atoms with Crippen molar-refractivity contribution in [3.05, 3.63) is 40.2 Å². The average molecular weight is 323 g/mol. The quantitative estimate of drug-likeness (QED) is 0.518. The summed E-state index contributed by atoms with van der Waals surface area (Å²) in [5.41, 5.74) is 4.13. The van der Waals surface area contributed by atoms with E-state index in [2.05, 4.69) is 4.98 Å². The lowest BCUT2D eigenvalue weighted by Gasteiger charge is -2.09. The van der Waals surface area contributed by atoms with Crippen molar-refractivity contribution >= 4 is 28.1 Å². The van der Waals surface area contributed by atoms with Gasteiger partial charge in [0.15, 0.2) is 28.4 Å². The molecule has 0 radical (unpaired) electrons. The van der Waals surface area contributed by atoms with Crippen LogP contribution in [0.25, 0.3) is 0 Å². The molecule has 0 fully saturated rings. The van der Waals surface area contributed by atoms with Gasteiger partial charge in [0, 0.05) is 5.38 Å². The van der Waals surface area contributed by atoms with Gasteiger partial charge in [-0.1, -0.05) is 0 Å². The number of halogens is 5. The van der Waals surface area contributed by atoms with E-state index in [1.165, 1.54) is 5.38 Å². The van der Waals surface area contributed by atoms with E-state index >= 15 is 0 Å². The van der Waals surface area contributed by atoms with Crippen LogP contribution in [0.3, 0.4) is 0 Å². The zero-order chi connectivity index (χ0) is 15.7. The number of anilines is 2. The van der Waals surface area contributed by atoms with E-state index in [4.69, 9.17) is 5.73 Å². The first-order valence-electron chi connectivity index (χ1n) is 5.32. The fourth-order valence-electron chi connectivity index (χ4n) is 1.47. The molecule has 1 amide bonds. The first kappa shape index (κ1) is 15.2. The third kappa shape index (κ3) is 2.94. The lowest BCUT2D eigenvalue weighted by Crippen LogP contribution is -2.18. The van der Waals surface area contributed by atoms with Gasteiger partial charge >= 0.3 is 0 Å². The van der Waals surface area contributed by atoms with Crippen molar-refractivity contribution in [1.82, 2.24) is 4.98 Å². The van der Waals surface area contributed by atoms with Crippen LogP contribution >= 0.6 is 11.3 Å². The van der Waals surface area contributed by atoms with Crippen LogP contribution in [0.1, 0.15) is 5.69 Å². The summed E-state index contributed by atoms with van der Waals surface area (Å²) >= 11 is 1.03. The summed E-state index contributed by atoms with van der Waals surface area (Å²) in [5, 5.41) is 3.23.